The van der Waals surface area contributed by atoms with Gasteiger partial charge in [-0.15, -0.1) is 0 Å². The SMILES string of the molecule is O=C(COc1ccc(Cl)c(Cl)c1)NC1COc2ncccc21. The van der Waals surface area contributed by atoms with Gasteiger partial charge >= 0.3 is 0 Å². The Hall–Kier alpha value is -1.98. The first-order chi connectivity index (χ1) is 10.6. The van der Waals surface area contributed by atoms with Crippen LogP contribution in [0.4, 0.5) is 0 Å². The third kappa shape index (κ3) is 3.26. The molecular formula is C15H12Cl2N2O3. The maximum absolute atomic E-state index is 12.0. The van der Waals surface area contributed by atoms with Crippen molar-refractivity contribution in [1.82, 2.24) is 10.3 Å². The first-order valence-electron chi connectivity index (χ1n) is 6.58. The van der Waals surface area contributed by atoms with E-state index in [1.54, 1.807) is 30.5 Å². The van der Waals surface area contributed by atoms with E-state index in [-0.39, 0.29) is 18.6 Å². The number of halogens is 2. The van der Waals surface area contributed by atoms with E-state index in [4.69, 9.17) is 32.7 Å². The number of fused-ring (bicyclic) bond motifs is 1. The van der Waals surface area contributed by atoms with Crippen LogP contribution in [-0.4, -0.2) is 24.1 Å². The highest BCUT2D eigenvalue weighted by Crippen LogP contribution is 2.29. The number of rotatable bonds is 4. The first kappa shape index (κ1) is 14.9. The van der Waals surface area contributed by atoms with Crippen LogP contribution in [0, 0.1) is 0 Å². The average Bonchev–Trinajstić information content (AvgIpc) is 2.92. The molecule has 1 amide bonds. The summed E-state index contributed by atoms with van der Waals surface area (Å²) in [6.45, 7) is 0.245. The van der Waals surface area contributed by atoms with Crippen molar-refractivity contribution in [3.05, 3.63) is 52.1 Å². The Balaban J connectivity index is 1.56. The number of nitrogens with one attached hydrogen (secondary N) is 1. The zero-order valence-electron chi connectivity index (χ0n) is 11.4. The number of amides is 1. The zero-order chi connectivity index (χ0) is 15.5. The third-order valence-corrected chi connectivity index (χ3v) is 3.90. The third-order valence-electron chi connectivity index (χ3n) is 3.16. The summed E-state index contributed by atoms with van der Waals surface area (Å²) < 4.78 is 10.8. The number of nitrogens with zero attached hydrogens (tertiary/aromatic N) is 1. The molecule has 0 bridgehead atoms. The van der Waals surface area contributed by atoms with Crippen molar-refractivity contribution in [1.29, 1.82) is 0 Å². The van der Waals surface area contributed by atoms with E-state index in [9.17, 15) is 4.79 Å². The second kappa shape index (κ2) is 6.42. The fraction of sp³-hybridized carbons (Fsp3) is 0.200. The number of benzene rings is 1. The van der Waals surface area contributed by atoms with Gasteiger partial charge in [-0.05, 0) is 24.3 Å². The van der Waals surface area contributed by atoms with Crippen molar-refractivity contribution in [2.45, 2.75) is 6.04 Å². The lowest BCUT2D eigenvalue weighted by atomic mass is 10.1. The summed E-state index contributed by atoms with van der Waals surface area (Å²) in [4.78, 5) is 16.1. The molecule has 0 aliphatic carbocycles. The molecule has 1 aromatic carbocycles. The second-order valence-electron chi connectivity index (χ2n) is 4.69. The standard InChI is InChI=1S/C15H12Cl2N2O3/c16-11-4-3-9(6-12(11)17)21-8-14(20)19-13-7-22-15-10(13)2-1-5-18-15/h1-6,13H,7-8H2,(H,19,20). The summed E-state index contributed by atoms with van der Waals surface area (Å²) in [6, 6.07) is 8.30. The summed E-state index contributed by atoms with van der Waals surface area (Å²) in [7, 11) is 0. The van der Waals surface area contributed by atoms with Crippen LogP contribution in [0.25, 0.3) is 0 Å². The van der Waals surface area contributed by atoms with Gasteiger partial charge in [0, 0.05) is 17.8 Å². The number of aromatic nitrogens is 1. The molecule has 2 aromatic rings. The van der Waals surface area contributed by atoms with Crippen molar-refractivity contribution in [2.75, 3.05) is 13.2 Å². The number of hydrogen-bond donors (Lipinski definition) is 1. The average molecular weight is 339 g/mol. The van der Waals surface area contributed by atoms with Gasteiger partial charge < -0.3 is 14.8 Å². The number of ether oxygens (including phenoxy) is 2. The van der Waals surface area contributed by atoms with Gasteiger partial charge in [0.25, 0.3) is 5.91 Å². The Labute approximate surface area is 137 Å². The molecule has 0 saturated heterocycles. The van der Waals surface area contributed by atoms with Crippen LogP contribution in [0.3, 0.4) is 0 Å². The fourth-order valence-corrected chi connectivity index (χ4v) is 2.40. The Morgan fingerprint density at radius 2 is 2.23 bits per heavy atom. The topological polar surface area (TPSA) is 60.5 Å². The van der Waals surface area contributed by atoms with Crippen LogP contribution in [0.2, 0.25) is 10.0 Å². The van der Waals surface area contributed by atoms with Crippen LogP contribution in [0.15, 0.2) is 36.5 Å². The Morgan fingerprint density at radius 1 is 1.36 bits per heavy atom. The largest absolute Gasteiger partial charge is 0.484 e. The number of pyridine rings is 1. The van der Waals surface area contributed by atoms with Gasteiger partial charge in [-0.25, -0.2) is 4.98 Å². The number of carbonyl (C=O) groups excluding carboxylic acids is 1. The van der Waals surface area contributed by atoms with Crippen molar-refractivity contribution in [2.24, 2.45) is 0 Å². The highest BCUT2D eigenvalue weighted by molar-refractivity contribution is 6.42. The zero-order valence-corrected chi connectivity index (χ0v) is 12.9. The van der Waals surface area contributed by atoms with Crippen molar-refractivity contribution < 1.29 is 14.3 Å². The van der Waals surface area contributed by atoms with Crippen LogP contribution in [-0.2, 0) is 4.79 Å². The van der Waals surface area contributed by atoms with Crippen molar-refractivity contribution >= 4 is 29.1 Å². The monoisotopic (exact) mass is 338 g/mol. The lowest BCUT2D eigenvalue weighted by molar-refractivity contribution is -0.123. The quantitative estimate of drug-likeness (QED) is 0.930. The van der Waals surface area contributed by atoms with E-state index in [0.29, 0.717) is 28.3 Å². The van der Waals surface area contributed by atoms with Gasteiger partial charge in [0.15, 0.2) is 6.61 Å². The molecule has 1 aliphatic rings. The smallest absolute Gasteiger partial charge is 0.258 e. The molecule has 1 atom stereocenters. The first-order valence-corrected chi connectivity index (χ1v) is 7.34. The van der Waals surface area contributed by atoms with Crippen molar-refractivity contribution in [3.8, 4) is 11.6 Å². The van der Waals surface area contributed by atoms with Gasteiger partial charge in [0.2, 0.25) is 5.88 Å². The van der Waals surface area contributed by atoms with E-state index >= 15 is 0 Å². The Kier molecular flexibility index (Phi) is 4.36. The van der Waals surface area contributed by atoms with E-state index in [2.05, 4.69) is 10.3 Å². The van der Waals surface area contributed by atoms with Crippen LogP contribution in [0.5, 0.6) is 11.6 Å². The summed E-state index contributed by atoms with van der Waals surface area (Å²) in [5.41, 5.74) is 0.866. The van der Waals surface area contributed by atoms with E-state index < -0.39 is 0 Å². The second-order valence-corrected chi connectivity index (χ2v) is 5.51. The highest BCUT2D eigenvalue weighted by Gasteiger charge is 2.26. The molecule has 1 unspecified atom stereocenters. The number of hydrogen-bond acceptors (Lipinski definition) is 4. The molecule has 22 heavy (non-hydrogen) atoms. The van der Waals surface area contributed by atoms with Gasteiger partial charge in [-0.2, -0.15) is 0 Å². The van der Waals surface area contributed by atoms with E-state index in [1.807, 2.05) is 6.07 Å². The molecule has 0 saturated carbocycles. The minimum absolute atomic E-state index is 0.121. The van der Waals surface area contributed by atoms with Gasteiger partial charge in [0.1, 0.15) is 12.4 Å². The van der Waals surface area contributed by atoms with Crippen molar-refractivity contribution in [3.63, 3.8) is 0 Å². The predicted molar refractivity (Wildman–Crippen MR) is 82.6 cm³/mol. The molecule has 7 heteroatoms. The van der Waals surface area contributed by atoms with E-state index in [1.165, 1.54) is 0 Å². The Morgan fingerprint density at radius 3 is 3.05 bits per heavy atom. The molecule has 1 aliphatic heterocycles. The maximum atomic E-state index is 12.0. The van der Waals surface area contributed by atoms with Gasteiger partial charge in [0.05, 0.1) is 16.1 Å². The molecule has 0 fully saturated rings. The summed E-state index contributed by atoms with van der Waals surface area (Å²) >= 11 is 11.7. The Bertz CT molecular complexity index is 709. The van der Waals surface area contributed by atoms with Gasteiger partial charge in [-0.1, -0.05) is 23.2 Å². The number of carbonyl (C=O) groups is 1. The molecule has 2 heterocycles. The van der Waals surface area contributed by atoms with Crippen LogP contribution < -0.4 is 14.8 Å². The summed E-state index contributed by atoms with van der Waals surface area (Å²) in [5, 5.41) is 3.66. The predicted octanol–water partition coefficient (Wildman–Crippen LogP) is 3.02. The minimum atomic E-state index is -0.253. The molecule has 0 spiro atoms. The van der Waals surface area contributed by atoms with Crippen LogP contribution in [0.1, 0.15) is 11.6 Å². The molecular weight excluding hydrogens is 327 g/mol. The summed E-state index contributed by atoms with van der Waals surface area (Å²) in [6.07, 6.45) is 1.65. The molecule has 0 radical (unpaired) electrons. The lowest BCUT2D eigenvalue weighted by Gasteiger charge is -2.12. The molecule has 114 valence electrons. The van der Waals surface area contributed by atoms with Crippen LogP contribution >= 0.6 is 23.2 Å². The van der Waals surface area contributed by atoms with Gasteiger partial charge in [-0.3, -0.25) is 4.79 Å². The lowest BCUT2D eigenvalue weighted by Crippen LogP contribution is -2.33. The van der Waals surface area contributed by atoms with E-state index in [0.717, 1.165) is 5.56 Å². The highest BCUT2D eigenvalue weighted by atomic mass is 35.5. The maximum Gasteiger partial charge on any atom is 0.258 e. The summed E-state index contributed by atoms with van der Waals surface area (Å²) in [5.74, 6) is 0.781. The fourth-order valence-electron chi connectivity index (χ4n) is 2.11. The normalized spacial score (nSPS) is 15.8. The minimum Gasteiger partial charge on any atom is -0.484 e. The molecule has 1 aromatic heterocycles. The molecule has 3 rings (SSSR count). The molecule has 5 nitrogen and oxygen atoms in total. The molecule has 1 N–H and O–H groups in total.